The van der Waals surface area contributed by atoms with E-state index in [1.165, 1.54) is 6.20 Å². The Labute approximate surface area is 141 Å². The number of benzene rings is 1. The van der Waals surface area contributed by atoms with Crippen molar-refractivity contribution < 1.29 is 19.1 Å². The summed E-state index contributed by atoms with van der Waals surface area (Å²) in [5, 5.41) is 0. The van der Waals surface area contributed by atoms with Gasteiger partial charge in [0.1, 0.15) is 12.3 Å². The number of carbonyl (C=O) groups is 2. The lowest BCUT2D eigenvalue weighted by molar-refractivity contribution is 0.0459. The highest BCUT2D eigenvalue weighted by Crippen LogP contribution is 2.15. The quantitative estimate of drug-likeness (QED) is 0.434. The van der Waals surface area contributed by atoms with Crippen molar-refractivity contribution >= 4 is 34.7 Å². The average Bonchev–Trinajstić information content (AvgIpc) is 2.87. The molecule has 0 fully saturated rings. The maximum atomic E-state index is 12.2. The van der Waals surface area contributed by atoms with Gasteiger partial charge in [-0.1, -0.05) is 36.9 Å². The number of hydrogen-bond acceptors (Lipinski definition) is 4. The normalized spacial score (nSPS) is 10.1. The zero-order valence-corrected chi connectivity index (χ0v) is 14.1. The summed E-state index contributed by atoms with van der Waals surface area (Å²) in [5.74, 6) is -0.345. The third kappa shape index (κ3) is 4.20. The Balaban J connectivity index is 2.12. The Morgan fingerprint density at radius 2 is 1.95 bits per heavy atom. The number of rotatable bonds is 4. The highest BCUT2D eigenvalue weighted by molar-refractivity contribution is 14.1. The smallest absolute Gasteiger partial charge is 0.423 e. The van der Waals surface area contributed by atoms with Crippen molar-refractivity contribution in [3.8, 4) is 0 Å². The van der Waals surface area contributed by atoms with E-state index in [-0.39, 0.29) is 18.1 Å². The number of ether oxygens (including phenoxy) is 2. The Morgan fingerprint density at radius 3 is 2.59 bits per heavy atom. The molecule has 1 heterocycles. The van der Waals surface area contributed by atoms with Crippen LogP contribution in [0.3, 0.4) is 0 Å². The summed E-state index contributed by atoms with van der Waals surface area (Å²) in [5.41, 5.74) is 0.986. The van der Waals surface area contributed by atoms with Gasteiger partial charge in [-0.3, -0.25) is 0 Å². The fraction of sp³-hybridized carbons (Fsp3) is 0.125. The molecular weight excluding hydrogens is 397 g/mol. The van der Waals surface area contributed by atoms with Gasteiger partial charge in [-0.15, -0.1) is 0 Å². The van der Waals surface area contributed by atoms with E-state index in [9.17, 15) is 9.59 Å². The molecule has 0 saturated heterocycles. The summed E-state index contributed by atoms with van der Waals surface area (Å²) in [6.07, 6.45) is 0.812. The molecule has 0 aliphatic heterocycles. The van der Waals surface area contributed by atoms with Crippen LogP contribution in [-0.2, 0) is 16.1 Å². The molecule has 5 nitrogen and oxygen atoms in total. The summed E-state index contributed by atoms with van der Waals surface area (Å²) < 4.78 is 12.0. The van der Waals surface area contributed by atoms with Crippen molar-refractivity contribution in [2.24, 2.45) is 0 Å². The first kappa shape index (κ1) is 16.3. The Bertz CT molecular complexity index is 706. The van der Waals surface area contributed by atoms with Crippen LogP contribution in [0.1, 0.15) is 23.0 Å². The van der Waals surface area contributed by atoms with Gasteiger partial charge in [0.05, 0.1) is 5.76 Å². The van der Waals surface area contributed by atoms with E-state index in [2.05, 4.69) is 6.58 Å². The third-order valence-electron chi connectivity index (χ3n) is 2.67. The second kappa shape index (κ2) is 7.26. The summed E-state index contributed by atoms with van der Waals surface area (Å²) >= 11 is 2.01. The SMILES string of the molecule is C=C(C)OC(=O)n1cc(I)cc1C(=O)OCc1ccccc1. The minimum absolute atomic E-state index is 0.117. The molecular formula is C16H14INO4. The molecule has 0 spiro atoms. The molecule has 0 atom stereocenters. The van der Waals surface area contributed by atoms with Gasteiger partial charge >= 0.3 is 12.1 Å². The van der Waals surface area contributed by atoms with E-state index in [0.717, 1.165) is 13.7 Å². The topological polar surface area (TPSA) is 57.5 Å². The van der Waals surface area contributed by atoms with Crippen LogP contribution in [0, 0.1) is 3.57 Å². The van der Waals surface area contributed by atoms with Crippen molar-refractivity contribution in [1.29, 1.82) is 0 Å². The van der Waals surface area contributed by atoms with Gasteiger partial charge in [0, 0.05) is 9.77 Å². The summed E-state index contributed by atoms with van der Waals surface area (Å²) in [7, 11) is 0. The first-order chi connectivity index (χ1) is 10.5. The summed E-state index contributed by atoms with van der Waals surface area (Å²) in [6, 6.07) is 10.9. The largest absolute Gasteiger partial charge is 0.456 e. The first-order valence-electron chi connectivity index (χ1n) is 6.44. The van der Waals surface area contributed by atoms with Crippen molar-refractivity contribution in [3.63, 3.8) is 0 Å². The van der Waals surface area contributed by atoms with Gasteiger partial charge < -0.3 is 9.47 Å². The van der Waals surface area contributed by atoms with Crippen molar-refractivity contribution in [3.05, 3.63) is 69.8 Å². The predicted octanol–water partition coefficient (Wildman–Crippen LogP) is 3.97. The molecule has 22 heavy (non-hydrogen) atoms. The molecule has 1 aromatic heterocycles. The number of esters is 1. The van der Waals surface area contributed by atoms with Crippen LogP contribution in [0.15, 0.2) is 54.9 Å². The number of aromatic nitrogens is 1. The van der Waals surface area contributed by atoms with E-state index in [1.54, 1.807) is 13.0 Å². The number of nitrogens with zero attached hydrogens (tertiary/aromatic N) is 1. The fourth-order valence-corrected chi connectivity index (χ4v) is 2.31. The van der Waals surface area contributed by atoms with Crippen molar-refractivity contribution in [1.82, 2.24) is 4.57 Å². The van der Waals surface area contributed by atoms with Gasteiger partial charge in [-0.2, -0.15) is 0 Å². The Morgan fingerprint density at radius 1 is 1.27 bits per heavy atom. The predicted molar refractivity (Wildman–Crippen MR) is 89.4 cm³/mol. The van der Waals surface area contributed by atoms with Gasteiger partial charge in [-0.25, -0.2) is 14.2 Å². The van der Waals surface area contributed by atoms with E-state index in [4.69, 9.17) is 9.47 Å². The van der Waals surface area contributed by atoms with Crippen LogP contribution in [0.5, 0.6) is 0 Å². The number of halogens is 1. The molecule has 0 radical (unpaired) electrons. The minimum Gasteiger partial charge on any atom is -0.456 e. The molecule has 6 heteroatoms. The maximum absolute atomic E-state index is 12.2. The van der Waals surface area contributed by atoms with Crippen LogP contribution >= 0.6 is 22.6 Å². The van der Waals surface area contributed by atoms with E-state index in [0.29, 0.717) is 0 Å². The van der Waals surface area contributed by atoms with E-state index < -0.39 is 12.1 Å². The minimum atomic E-state index is -0.693. The van der Waals surface area contributed by atoms with Crippen molar-refractivity contribution in [2.45, 2.75) is 13.5 Å². The zero-order valence-electron chi connectivity index (χ0n) is 11.9. The average molecular weight is 411 g/mol. The standard InChI is InChI=1S/C16H14INO4/c1-11(2)22-16(20)18-9-13(17)8-14(18)15(19)21-10-12-6-4-3-5-7-12/h3-9H,1,10H2,2H3. The van der Waals surface area contributed by atoms with E-state index in [1.807, 2.05) is 52.9 Å². The van der Waals surface area contributed by atoms with Gasteiger partial charge in [0.15, 0.2) is 0 Å². The molecule has 2 rings (SSSR count). The molecule has 0 aliphatic carbocycles. The molecule has 2 aromatic rings. The van der Waals surface area contributed by atoms with Crippen LogP contribution in [-0.4, -0.2) is 16.6 Å². The van der Waals surface area contributed by atoms with Crippen molar-refractivity contribution in [2.75, 3.05) is 0 Å². The maximum Gasteiger partial charge on any atom is 0.423 e. The first-order valence-corrected chi connectivity index (χ1v) is 7.52. The van der Waals surface area contributed by atoms with Gasteiger partial charge in [0.25, 0.3) is 0 Å². The molecule has 0 saturated carbocycles. The highest BCUT2D eigenvalue weighted by Gasteiger charge is 2.20. The monoisotopic (exact) mass is 411 g/mol. The second-order valence-electron chi connectivity index (χ2n) is 4.55. The second-order valence-corrected chi connectivity index (χ2v) is 5.79. The Hall–Kier alpha value is -2.09. The molecule has 0 aliphatic rings. The summed E-state index contributed by atoms with van der Waals surface area (Å²) in [6.45, 7) is 5.19. The van der Waals surface area contributed by atoms with Gasteiger partial charge in [-0.05, 0) is 41.1 Å². The molecule has 114 valence electrons. The fourth-order valence-electron chi connectivity index (χ4n) is 1.73. The molecule has 0 N–H and O–H groups in total. The van der Waals surface area contributed by atoms with Gasteiger partial charge in [0.2, 0.25) is 0 Å². The van der Waals surface area contributed by atoms with Crippen LogP contribution in [0.4, 0.5) is 4.79 Å². The van der Waals surface area contributed by atoms with Crippen LogP contribution in [0.25, 0.3) is 0 Å². The molecule has 0 bridgehead atoms. The highest BCUT2D eigenvalue weighted by atomic mass is 127. The molecule has 0 unspecified atom stereocenters. The van der Waals surface area contributed by atoms with Crippen LogP contribution in [0.2, 0.25) is 0 Å². The lowest BCUT2D eigenvalue weighted by Gasteiger charge is -2.08. The lowest BCUT2D eigenvalue weighted by atomic mass is 10.2. The zero-order chi connectivity index (χ0) is 16.1. The number of carbonyl (C=O) groups excluding carboxylic acids is 2. The molecule has 1 aromatic carbocycles. The molecule has 0 amide bonds. The lowest BCUT2D eigenvalue weighted by Crippen LogP contribution is -2.19. The summed E-state index contributed by atoms with van der Waals surface area (Å²) in [4.78, 5) is 24.1. The third-order valence-corrected chi connectivity index (χ3v) is 3.26. The Kier molecular flexibility index (Phi) is 5.37. The number of allylic oxidation sites excluding steroid dienone is 1. The number of hydrogen-bond donors (Lipinski definition) is 0. The van der Waals surface area contributed by atoms with Crippen LogP contribution < -0.4 is 0 Å². The van der Waals surface area contributed by atoms with E-state index >= 15 is 0 Å².